The quantitative estimate of drug-likeness (QED) is 0.178. The number of carbonyl (C=O) groups excluding carboxylic acids is 3. The molecule has 10 heteroatoms. The maximum atomic E-state index is 11.3. The highest BCUT2D eigenvalue weighted by atomic mass is 16.6. The lowest BCUT2D eigenvalue weighted by atomic mass is 10.0. The van der Waals surface area contributed by atoms with Crippen molar-refractivity contribution in [1.29, 1.82) is 0 Å². The third-order valence-electron chi connectivity index (χ3n) is 2.25. The van der Waals surface area contributed by atoms with Crippen LogP contribution in [0.4, 0.5) is 0 Å². The number of methoxy groups -OCH3 is 1. The molecule has 0 spiro atoms. The monoisotopic (exact) mass is 308 g/mol. The van der Waals surface area contributed by atoms with Crippen molar-refractivity contribution in [1.82, 2.24) is 0 Å². The molecule has 4 atom stereocenters. The van der Waals surface area contributed by atoms with E-state index in [1.165, 1.54) is 0 Å². The van der Waals surface area contributed by atoms with E-state index in [1.54, 1.807) is 0 Å². The van der Waals surface area contributed by atoms with Gasteiger partial charge in [0.15, 0.2) is 6.10 Å². The number of aliphatic hydroxyl groups excluding tert-OH is 5. The fourth-order valence-corrected chi connectivity index (χ4v) is 1.06. The predicted molar refractivity (Wildman–Crippen MR) is 63.4 cm³/mol. The van der Waals surface area contributed by atoms with Gasteiger partial charge in [-0.25, -0.2) is 14.4 Å². The first kappa shape index (κ1) is 19.1. The Morgan fingerprint density at radius 2 is 1.52 bits per heavy atom. The highest BCUT2D eigenvalue weighted by Crippen LogP contribution is 2.07. The van der Waals surface area contributed by atoms with Crippen molar-refractivity contribution in [2.75, 3.05) is 13.7 Å². The Labute approximate surface area is 118 Å². The molecule has 120 valence electrons. The summed E-state index contributed by atoms with van der Waals surface area (Å²) in [5.41, 5.74) is 0. The molecule has 10 nitrogen and oxygen atoms in total. The maximum absolute atomic E-state index is 11.3. The number of ether oxygens (including phenoxy) is 2. The summed E-state index contributed by atoms with van der Waals surface area (Å²) in [7, 11) is 1.05. The standard InChI is InChI=1S/C11H16O10/c1-20-6(14)2-3-7(15)21-11(19)10(18)9(17)8(16)5(13)4-12/h2-3,5,8-10,12-13,16-18H,4H2,1H3/b3-2+/t5-,8-,9+,10-/m1/s1. The molecule has 0 aliphatic rings. The molecule has 0 aromatic carbocycles. The van der Waals surface area contributed by atoms with Crippen LogP contribution >= 0.6 is 0 Å². The third-order valence-corrected chi connectivity index (χ3v) is 2.25. The number of hydrogen-bond acceptors (Lipinski definition) is 10. The molecular weight excluding hydrogens is 292 g/mol. The second-order valence-electron chi connectivity index (χ2n) is 3.77. The van der Waals surface area contributed by atoms with Gasteiger partial charge in [-0.2, -0.15) is 0 Å². The average Bonchev–Trinajstić information content (AvgIpc) is 2.49. The largest absolute Gasteiger partial charge is 0.466 e. The van der Waals surface area contributed by atoms with E-state index < -0.39 is 48.9 Å². The van der Waals surface area contributed by atoms with Gasteiger partial charge in [-0.15, -0.1) is 0 Å². The van der Waals surface area contributed by atoms with Gasteiger partial charge in [-0.3, -0.25) is 0 Å². The summed E-state index contributed by atoms with van der Waals surface area (Å²) in [4.78, 5) is 33.0. The third kappa shape index (κ3) is 6.42. The highest BCUT2D eigenvalue weighted by Gasteiger charge is 2.35. The van der Waals surface area contributed by atoms with Crippen molar-refractivity contribution >= 4 is 17.9 Å². The Kier molecular flexibility index (Phi) is 8.35. The normalized spacial score (nSPS) is 16.9. The van der Waals surface area contributed by atoms with Gasteiger partial charge < -0.3 is 35.0 Å². The maximum Gasteiger partial charge on any atom is 0.345 e. The van der Waals surface area contributed by atoms with Crippen LogP contribution in [0.25, 0.3) is 0 Å². The number of aliphatic hydroxyl groups is 5. The summed E-state index contributed by atoms with van der Waals surface area (Å²) < 4.78 is 8.22. The van der Waals surface area contributed by atoms with Crippen LogP contribution in [0.3, 0.4) is 0 Å². The van der Waals surface area contributed by atoms with Gasteiger partial charge in [0.2, 0.25) is 0 Å². The Hall–Kier alpha value is -1.85. The molecule has 0 aromatic heterocycles. The van der Waals surface area contributed by atoms with Gasteiger partial charge in [0.05, 0.1) is 13.7 Å². The van der Waals surface area contributed by atoms with E-state index in [0.29, 0.717) is 12.2 Å². The Morgan fingerprint density at radius 3 is 2.00 bits per heavy atom. The van der Waals surface area contributed by atoms with Crippen LogP contribution in [-0.4, -0.2) is 81.6 Å². The number of hydrogen-bond donors (Lipinski definition) is 5. The van der Waals surface area contributed by atoms with Gasteiger partial charge in [0.25, 0.3) is 0 Å². The van der Waals surface area contributed by atoms with Crippen LogP contribution in [0.2, 0.25) is 0 Å². The van der Waals surface area contributed by atoms with Crippen molar-refractivity contribution in [2.24, 2.45) is 0 Å². The second kappa shape index (κ2) is 9.15. The first-order valence-electron chi connectivity index (χ1n) is 5.59. The Balaban J connectivity index is 4.54. The summed E-state index contributed by atoms with van der Waals surface area (Å²) in [6, 6.07) is 0. The Morgan fingerprint density at radius 1 is 1.00 bits per heavy atom. The summed E-state index contributed by atoms with van der Waals surface area (Å²) in [6.07, 6.45) is -7.20. The lowest BCUT2D eigenvalue weighted by molar-refractivity contribution is -0.174. The smallest absolute Gasteiger partial charge is 0.345 e. The first-order valence-corrected chi connectivity index (χ1v) is 5.59. The highest BCUT2D eigenvalue weighted by molar-refractivity contribution is 5.97. The first-order chi connectivity index (χ1) is 9.74. The molecule has 0 saturated heterocycles. The van der Waals surface area contributed by atoms with E-state index in [1.807, 2.05) is 0 Å². The lowest BCUT2D eigenvalue weighted by Crippen LogP contribution is -2.49. The molecule has 0 heterocycles. The van der Waals surface area contributed by atoms with Gasteiger partial charge >= 0.3 is 17.9 Å². The fourth-order valence-electron chi connectivity index (χ4n) is 1.06. The average molecular weight is 308 g/mol. The molecule has 0 rings (SSSR count). The number of carbonyl (C=O) groups is 3. The molecule has 21 heavy (non-hydrogen) atoms. The zero-order valence-corrected chi connectivity index (χ0v) is 10.9. The van der Waals surface area contributed by atoms with Crippen LogP contribution in [-0.2, 0) is 23.9 Å². The molecule has 0 fully saturated rings. The molecule has 0 aromatic rings. The van der Waals surface area contributed by atoms with Gasteiger partial charge in [0.1, 0.15) is 18.3 Å². The minimum absolute atomic E-state index is 0.543. The molecule has 5 N–H and O–H groups in total. The molecule has 0 aliphatic carbocycles. The lowest BCUT2D eigenvalue weighted by Gasteiger charge is -2.23. The van der Waals surface area contributed by atoms with Crippen molar-refractivity contribution in [2.45, 2.75) is 24.4 Å². The SMILES string of the molecule is COC(=O)/C=C/C(=O)OC(=O)[C@H](O)[C@@H](O)[C@H](O)[C@H](O)CO. The molecule has 0 radical (unpaired) electrons. The summed E-state index contributed by atoms with van der Waals surface area (Å²) in [5.74, 6) is -3.83. The van der Waals surface area contributed by atoms with Crippen LogP contribution in [0.1, 0.15) is 0 Å². The zero-order valence-electron chi connectivity index (χ0n) is 10.9. The van der Waals surface area contributed by atoms with Crippen molar-refractivity contribution in [3.63, 3.8) is 0 Å². The molecule has 0 saturated carbocycles. The van der Waals surface area contributed by atoms with E-state index in [2.05, 4.69) is 9.47 Å². The van der Waals surface area contributed by atoms with Crippen molar-refractivity contribution < 1.29 is 49.4 Å². The summed E-state index contributed by atoms with van der Waals surface area (Å²) in [5, 5.41) is 45.5. The second-order valence-corrected chi connectivity index (χ2v) is 3.77. The number of esters is 3. The summed E-state index contributed by atoms with van der Waals surface area (Å²) >= 11 is 0. The minimum Gasteiger partial charge on any atom is -0.466 e. The van der Waals surface area contributed by atoms with Crippen LogP contribution in [0, 0.1) is 0 Å². The predicted octanol–water partition coefficient (Wildman–Crippen LogP) is -3.78. The minimum atomic E-state index is -2.35. The fraction of sp³-hybridized carbons (Fsp3) is 0.545. The van der Waals surface area contributed by atoms with Crippen molar-refractivity contribution in [3.8, 4) is 0 Å². The van der Waals surface area contributed by atoms with E-state index >= 15 is 0 Å². The number of rotatable bonds is 7. The Bertz CT molecular complexity index is 404. The topological polar surface area (TPSA) is 171 Å². The van der Waals surface area contributed by atoms with E-state index in [9.17, 15) is 29.7 Å². The van der Waals surface area contributed by atoms with Crippen LogP contribution in [0.15, 0.2) is 12.2 Å². The molecule has 0 amide bonds. The van der Waals surface area contributed by atoms with Gasteiger partial charge in [0, 0.05) is 12.2 Å². The van der Waals surface area contributed by atoms with Gasteiger partial charge in [-0.1, -0.05) is 0 Å². The van der Waals surface area contributed by atoms with E-state index in [0.717, 1.165) is 7.11 Å². The van der Waals surface area contributed by atoms with Crippen LogP contribution < -0.4 is 0 Å². The van der Waals surface area contributed by atoms with Crippen LogP contribution in [0.5, 0.6) is 0 Å². The van der Waals surface area contributed by atoms with E-state index in [4.69, 9.17) is 10.2 Å². The molecule has 0 aliphatic heterocycles. The van der Waals surface area contributed by atoms with Gasteiger partial charge in [-0.05, 0) is 0 Å². The summed E-state index contributed by atoms with van der Waals surface area (Å²) in [6.45, 7) is -0.930. The molecule has 0 unspecified atom stereocenters. The van der Waals surface area contributed by atoms with Crippen molar-refractivity contribution in [3.05, 3.63) is 12.2 Å². The zero-order chi connectivity index (χ0) is 16.6. The molecule has 0 bridgehead atoms. The van der Waals surface area contributed by atoms with E-state index in [-0.39, 0.29) is 0 Å². The molecular formula is C11H16O10.